The van der Waals surface area contributed by atoms with Gasteiger partial charge in [-0.25, -0.2) is 4.39 Å². The minimum absolute atomic E-state index is 0.00769. The normalized spacial score (nSPS) is 9.00. The number of ether oxygens (including phenoxy) is 1. The third kappa shape index (κ3) is 1.49. The topological polar surface area (TPSA) is 50.1 Å². The Balaban J connectivity index is 3.42. The highest BCUT2D eigenvalue weighted by Gasteiger charge is 2.12. The lowest BCUT2D eigenvalue weighted by Gasteiger charge is -2.03. The van der Waals surface area contributed by atoms with Crippen LogP contribution >= 0.6 is 0 Å². The maximum atomic E-state index is 13.2. The molecule has 0 saturated carbocycles. The minimum atomic E-state index is -0.795. The Morgan fingerprint density at radius 3 is 2.77 bits per heavy atom. The molecule has 1 aromatic carbocycles. The van der Waals surface area contributed by atoms with Gasteiger partial charge in [0.05, 0.1) is 24.3 Å². The number of methoxy groups -OCH3 is 1. The minimum Gasteiger partial charge on any atom is -0.494 e. The molecule has 0 N–H and O–H groups in total. The van der Waals surface area contributed by atoms with E-state index in [2.05, 4.69) is 4.74 Å². The first kappa shape index (κ1) is 9.20. The van der Waals surface area contributed by atoms with Crippen molar-refractivity contribution in [2.24, 2.45) is 0 Å². The molecule has 0 bridgehead atoms. The van der Waals surface area contributed by atoms with Gasteiger partial charge in [-0.15, -0.1) is 0 Å². The molecular weight excluding hydrogens is 173 g/mol. The summed E-state index contributed by atoms with van der Waals surface area (Å²) in [7, 11) is 1.29. The van der Waals surface area contributed by atoms with Crippen molar-refractivity contribution in [3.05, 3.63) is 29.1 Å². The average molecular weight is 179 g/mol. The summed E-state index contributed by atoms with van der Waals surface area (Å²) in [6.07, 6.45) is 0.302. The van der Waals surface area contributed by atoms with E-state index in [4.69, 9.17) is 5.26 Å². The van der Waals surface area contributed by atoms with E-state index in [-0.39, 0.29) is 16.9 Å². The Morgan fingerprint density at radius 2 is 2.31 bits per heavy atom. The second kappa shape index (κ2) is 3.68. The van der Waals surface area contributed by atoms with Crippen LogP contribution in [0.5, 0.6) is 5.75 Å². The fourth-order valence-corrected chi connectivity index (χ4v) is 0.943. The molecule has 0 saturated heterocycles. The van der Waals surface area contributed by atoms with Crippen LogP contribution in [0, 0.1) is 17.1 Å². The van der Waals surface area contributed by atoms with E-state index in [1.165, 1.54) is 19.2 Å². The average Bonchev–Trinajstić information content (AvgIpc) is 2.17. The molecule has 0 spiro atoms. The fourth-order valence-electron chi connectivity index (χ4n) is 0.943. The van der Waals surface area contributed by atoms with E-state index in [1.54, 1.807) is 6.07 Å². The Kier molecular flexibility index (Phi) is 2.60. The molecule has 0 aromatic heterocycles. The van der Waals surface area contributed by atoms with Crippen LogP contribution in [0.25, 0.3) is 0 Å². The van der Waals surface area contributed by atoms with Gasteiger partial charge in [0, 0.05) is 0 Å². The van der Waals surface area contributed by atoms with Crippen LogP contribution in [0.4, 0.5) is 4.39 Å². The Morgan fingerprint density at radius 1 is 1.62 bits per heavy atom. The van der Waals surface area contributed by atoms with E-state index in [9.17, 15) is 9.18 Å². The van der Waals surface area contributed by atoms with E-state index >= 15 is 0 Å². The van der Waals surface area contributed by atoms with Gasteiger partial charge in [0.25, 0.3) is 0 Å². The molecule has 66 valence electrons. The molecule has 1 rings (SSSR count). The highest BCUT2D eigenvalue weighted by molar-refractivity contribution is 5.80. The van der Waals surface area contributed by atoms with Crippen molar-refractivity contribution in [1.82, 2.24) is 0 Å². The predicted octanol–water partition coefficient (Wildman–Crippen LogP) is 1.52. The van der Waals surface area contributed by atoms with Crippen molar-refractivity contribution in [2.45, 2.75) is 0 Å². The summed E-state index contributed by atoms with van der Waals surface area (Å²) >= 11 is 0. The number of benzene rings is 1. The zero-order valence-electron chi connectivity index (χ0n) is 6.87. The van der Waals surface area contributed by atoms with Gasteiger partial charge in [-0.1, -0.05) is 0 Å². The summed E-state index contributed by atoms with van der Waals surface area (Å²) in [6.45, 7) is 0. The Bertz CT molecular complexity index is 382. The molecule has 0 fully saturated rings. The maximum absolute atomic E-state index is 13.2. The SMILES string of the molecule is COc1ccc(C#N)c(C=O)c1F. The molecule has 0 aliphatic heterocycles. The van der Waals surface area contributed by atoms with Gasteiger partial charge in [-0.3, -0.25) is 4.79 Å². The molecule has 0 unspecified atom stereocenters. The van der Waals surface area contributed by atoms with Crippen LogP contribution in [0.15, 0.2) is 12.1 Å². The molecule has 4 heteroatoms. The van der Waals surface area contributed by atoms with Crippen LogP contribution in [-0.4, -0.2) is 13.4 Å². The first-order chi connectivity index (χ1) is 6.24. The van der Waals surface area contributed by atoms with Gasteiger partial charge in [-0.05, 0) is 12.1 Å². The quantitative estimate of drug-likeness (QED) is 0.646. The van der Waals surface area contributed by atoms with Crippen molar-refractivity contribution in [2.75, 3.05) is 7.11 Å². The number of halogens is 1. The number of carbonyl (C=O) groups is 1. The third-order valence-electron chi connectivity index (χ3n) is 1.60. The molecule has 0 atom stereocenters. The van der Waals surface area contributed by atoms with Crippen molar-refractivity contribution in [3.8, 4) is 11.8 Å². The van der Waals surface area contributed by atoms with Crippen LogP contribution in [-0.2, 0) is 0 Å². The molecule has 13 heavy (non-hydrogen) atoms. The number of nitrogens with zero attached hydrogens (tertiary/aromatic N) is 1. The van der Waals surface area contributed by atoms with E-state index in [0.717, 1.165) is 0 Å². The van der Waals surface area contributed by atoms with Crippen LogP contribution < -0.4 is 4.74 Å². The summed E-state index contributed by atoms with van der Waals surface area (Å²) in [5.74, 6) is -0.836. The lowest BCUT2D eigenvalue weighted by Crippen LogP contribution is -1.97. The third-order valence-corrected chi connectivity index (χ3v) is 1.60. The number of carbonyl (C=O) groups excluding carboxylic acids is 1. The van der Waals surface area contributed by atoms with Crippen molar-refractivity contribution in [3.63, 3.8) is 0 Å². The first-order valence-electron chi connectivity index (χ1n) is 3.46. The monoisotopic (exact) mass is 179 g/mol. The molecule has 0 aliphatic carbocycles. The molecule has 0 amide bonds. The Labute approximate surface area is 74.4 Å². The number of nitriles is 1. The zero-order chi connectivity index (χ0) is 9.84. The fraction of sp³-hybridized carbons (Fsp3) is 0.111. The predicted molar refractivity (Wildman–Crippen MR) is 43.1 cm³/mol. The molecule has 0 aliphatic rings. The smallest absolute Gasteiger partial charge is 0.176 e. The summed E-state index contributed by atoms with van der Waals surface area (Å²) in [6, 6.07) is 4.36. The molecular formula is C9H6FNO2. The van der Waals surface area contributed by atoms with Crippen molar-refractivity contribution >= 4 is 6.29 Å². The van der Waals surface area contributed by atoms with E-state index < -0.39 is 5.82 Å². The zero-order valence-corrected chi connectivity index (χ0v) is 6.87. The number of aldehydes is 1. The molecule has 3 nitrogen and oxygen atoms in total. The standard InChI is InChI=1S/C9H6FNO2/c1-13-8-3-2-6(4-11)7(5-12)9(8)10/h2-3,5H,1H3. The summed E-state index contributed by atoms with van der Waals surface area (Å²) in [4.78, 5) is 10.4. The molecule has 0 heterocycles. The van der Waals surface area contributed by atoms with Crippen molar-refractivity contribution < 1.29 is 13.9 Å². The van der Waals surface area contributed by atoms with Crippen LogP contribution in [0.1, 0.15) is 15.9 Å². The maximum Gasteiger partial charge on any atom is 0.176 e. The summed E-state index contributed by atoms with van der Waals surface area (Å²) in [5.41, 5.74) is -0.254. The van der Waals surface area contributed by atoms with Crippen LogP contribution in [0.2, 0.25) is 0 Å². The molecule has 0 radical (unpaired) electrons. The summed E-state index contributed by atoms with van der Waals surface area (Å²) in [5, 5.41) is 8.52. The number of hydrogen-bond acceptors (Lipinski definition) is 3. The lowest BCUT2D eigenvalue weighted by atomic mass is 10.1. The van der Waals surface area contributed by atoms with E-state index in [1.807, 2.05) is 0 Å². The van der Waals surface area contributed by atoms with Gasteiger partial charge in [0.15, 0.2) is 17.9 Å². The van der Waals surface area contributed by atoms with Crippen LogP contribution in [0.3, 0.4) is 0 Å². The Hall–Kier alpha value is -1.89. The summed E-state index contributed by atoms with van der Waals surface area (Å²) < 4.78 is 17.9. The van der Waals surface area contributed by atoms with Gasteiger partial charge < -0.3 is 4.74 Å². The number of hydrogen-bond donors (Lipinski definition) is 0. The van der Waals surface area contributed by atoms with E-state index in [0.29, 0.717) is 6.29 Å². The number of rotatable bonds is 2. The van der Waals surface area contributed by atoms with Crippen molar-refractivity contribution in [1.29, 1.82) is 5.26 Å². The van der Waals surface area contributed by atoms with Gasteiger partial charge in [0.2, 0.25) is 0 Å². The first-order valence-corrected chi connectivity index (χ1v) is 3.46. The second-order valence-electron chi connectivity index (χ2n) is 2.27. The largest absolute Gasteiger partial charge is 0.494 e. The van der Waals surface area contributed by atoms with Gasteiger partial charge >= 0.3 is 0 Å². The second-order valence-corrected chi connectivity index (χ2v) is 2.27. The highest BCUT2D eigenvalue weighted by Crippen LogP contribution is 2.21. The van der Waals surface area contributed by atoms with Gasteiger partial charge in [-0.2, -0.15) is 5.26 Å². The van der Waals surface area contributed by atoms with Gasteiger partial charge in [0.1, 0.15) is 0 Å². The highest BCUT2D eigenvalue weighted by atomic mass is 19.1. The molecule has 1 aromatic rings. The lowest BCUT2D eigenvalue weighted by molar-refractivity contribution is 0.111.